The second kappa shape index (κ2) is 4.18. The van der Waals surface area contributed by atoms with Crippen molar-refractivity contribution in [1.82, 2.24) is 9.97 Å². The fraction of sp³-hybridized carbons (Fsp3) is 0.0833. The molecule has 3 nitrogen and oxygen atoms in total. The number of carbonyl (C=O) groups is 1. The van der Waals surface area contributed by atoms with Crippen LogP contribution in [0, 0.1) is 12.7 Å². The number of nitrogens with zero attached hydrogens (tertiary/aromatic N) is 2. The third-order valence-electron chi connectivity index (χ3n) is 2.12. The van der Waals surface area contributed by atoms with Gasteiger partial charge in [-0.15, -0.1) is 0 Å². The summed E-state index contributed by atoms with van der Waals surface area (Å²) in [4.78, 5) is 18.6. The fourth-order valence-electron chi connectivity index (χ4n) is 1.41. The zero-order valence-electron chi connectivity index (χ0n) is 8.64. The van der Waals surface area contributed by atoms with Crippen LogP contribution in [0.25, 0.3) is 11.3 Å². The second-order valence-corrected chi connectivity index (χ2v) is 3.38. The largest absolute Gasteiger partial charge is 0.294 e. The van der Waals surface area contributed by atoms with Gasteiger partial charge in [0.25, 0.3) is 0 Å². The van der Waals surface area contributed by atoms with Crippen LogP contribution in [0.5, 0.6) is 0 Å². The van der Waals surface area contributed by atoms with Crippen molar-refractivity contribution in [2.24, 2.45) is 0 Å². The summed E-state index contributed by atoms with van der Waals surface area (Å²) in [5.74, 6) is -0.163. The number of aldehydes is 1. The Kier molecular flexibility index (Phi) is 2.72. The second-order valence-electron chi connectivity index (χ2n) is 3.38. The molecule has 0 aliphatic heterocycles. The van der Waals surface area contributed by atoms with Gasteiger partial charge in [-0.2, -0.15) is 0 Å². The molecule has 0 atom stereocenters. The molecule has 1 aromatic carbocycles. The molecule has 0 amide bonds. The lowest BCUT2D eigenvalue weighted by molar-refractivity contribution is 0.111. The molecule has 1 aromatic heterocycles. The lowest BCUT2D eigenvalue weighted by Gasteiger charge is -2.02. The van der Waals surface area contributed by atoms with Gasteiger partial charge >= 0.3 is 0 Å². The summed E-state index contributed by atoms with van der Waals surface area (Å²) < 4.78 is 12.7. The van der Waals surface area contributed by atoms with Crippen molar-refractivity contribution >= 4 is 6.29 Å². The van der Waals surface area contributed by atoms with Crippen molar-refractivity contribution in [3.8, 4) is 11.3 Å². The monoisotopic (exact) mass is 216 g/mol. The Balaban J connectivity index is 2.51. The first-order valence-corrected chi connectivity index (χ1v) is 4.76. The van der Waals surface area contributed by atoms with E-state index in [0.717, 1.165) is 5.56 Å². The van der Waals surface area contributed by atoms with Crippen molar-refractivity contribution in [1.29, 1.82) is 0 Å². The van der Waals surface area contributed by atoms with Gasteiger partial charge in [-0.3, -0.25) is 4.79 Å². The van der Waals surface area contributed by atoms with Crippen LogP contribution in [0.4, 0.5) is 4.39 Å². The summed E-state index contributed by atoms with van der Waals surface area (Å²) in [6.45, 7) is 1.78. The highest BCUT2D eigenvalue weighted by Crippen LogP contribution is 2.17. The summed E-state index contributed by atoms with van der Waals surface area (Å²) in [5, 5.41) is 0. The Hall–Kier alpha value is -2.10. The number of carbonyl (C=O) groups excluding carboxylic acids is 1. The van der Waals surface area contributed by atoms with Crippen LogP contribution >= 0.6 is 0 Å². The van der Waals surface area contributed by atoms with Gasteiger partial charge in [-0.1, -0.05) is 0 Å². The molecule has 2 aromatic rings. The Bertz CT molecular complexity index is 523. The first-order valence-electron chi connectivity index (χ1n) is 4.76. The smallest absolute Gasteiger partial charge is 0.193 e. The summed E-state index contributed by atoms with van der Waals surface area (Å²) in [5.41, 5.74) is 2.08. The first-order chi connectivity index (χ1) is 7.69. The molecule has 0 saturated heterocycles. The topological polar surface area (TPSA) is 42.9 Å². The van der Waals surface area contributed by atoms with E-state index in [1.165, 1.54) is 12.1 Å². The van der Waals surface area contributed by atoms with Crippen LogP contribution in [0.2, 0.25) is 0 Å². The molecular formula is C12H9FN2O. The molecular weight excluding hydrogens is 207 g/mol. The van der Waals surface area contributed by atoms with Gasteiger partial charge < -0.3 is 0 Å². The maximum atomic E-state index is 12.7. The minimum Gasteiger partial charge on any atom is -0.294 e. The van der Waals surface area contributed by atoms with Crippen molar-refractivity contribution in [2.75, 3.05) is 0 Å². The molecule has 0 bridgehead atoms. The van der Waals surface area contributed by atoms with Gasteiger partial charge in [0.15, 0.2) is 12.1 Å². The first kappa shape index (κ1) is 10.4. The van der Waals surface area contributed by atoms with E-state index in [-0.39, 0.29) is 11.6 Å². The van der Waals surface area contributed by atoms with E-state index >= 15 is 0 Å². The van der Waals surface area contributed by atoms with Crippen LogP contribution in [-0.4, -0.2) is 16.3 Å². The van der Waals surface area contributed by atoms with Gasteiger partial charge in [-0.05, 0) is 37.3 Å². The molecule has 0 fully saturated rings. The zero-order valence-corrected chi connectivity index (χ0v) is 8.64. The molecule has 2 rings (SSSR count). The molecule has 1 heterocycles. The fourth-order valence-corrected chi connectivity index (χ4v) is 1.41. The molecule has 0 N–H and O–H groups in total. The predicted molar refractivity (Wildman–Crippen MR) is 57.6 cm³/mol. The molecule has 4 heteroatoms. The maximum absolute atomic E-state index is 12.7. The quantitative estimate of drug-likeness (QED) is 0.724. The van der Waals surface area contributed by atoms with Gasteiger partial charge in [0, 0.05) is 11.3 Å². The van der Waals surface area contributed by atoms with E-state index in [1.54, 1.807) is 25.1 Å². The van der Waals surface area contributed by atoms with Crippen LogP contribution in [0.1, 0.15) is 16.3 Å². The minimum atomic E-state index is -0.301. The number of aryl methyl sites for hydroxylation is 1. The number of hydrogen-bond donors (Lipinski definition) is 0. The molecule has 0 saturated carbocycles. The van der Waals surface area contributed by atoms with Gasteiger partial charge in [-0.25, -0.2) is 14.4 Å². The van der Waals surface area contributed by atoms with E-state index in [4.69, 9.17) is 0 Å². The summed E-state index contributed by atoms with van der Waals surface area (Å²) in [6, 6.07) is 7.69. The summed E-state index contributed by atoms with van der Waals surface area (Å²) >= 11 is 0. The maximum Gasteiger partial charge on any atom is 0.193 e. The number of hydrogen-bond acceptors (Lipinski definition) is 3. The highest BCUT2D eigenvalue weighted by molar-refractivity contribution is 5.71. The van der Waals surface area contributed by atoms with Crippen LogP contribution < -0.4 is 0 Å². The third kappa shape index (κ3) is 2.11. The Morgan fingerprint density at radius 3 is 2.50 bits per heavy atom. The summed E-state index contributed by atoms with van der Waals surface area (Å²) in [6.07, 6.45) is 0.597. The van der Waals surface area contributed by atoms with E-state index in [0.29, 0.717) is 17.7 Å². The summed E-state index contributed by atoms with van der Waals surface area (Å²) in [7, 11) is 0. The highest BCUT2D eigenvalue weighted by atomic mass is 19.1. The SMILES string of the molecule is Cc1cc(-c2ccc(F)cc2)nc(C=O)n1. The van der Waals surface area contributed by atoms with Gasteiger partial charge in [0.2, 0.25) is 0 Å². The average Bonchev–Trinajstić information content (AvgIpc) is 2.29. The minimum absolute atomic E-state index is 0.138. The van der Waals surface area contributed by atoms with Crippen molar-refractivity contribution in [2.45, 2.75) is 6.92 Å². The molecule has 0 aliphatic rings. The molecule has 80 valence electrons. The third-order valence-corrected chi connectivity index (χ3v) is 2.12. The van der Waals surface area contributed by atoms with E-state index in [1.807, 2.05) is 0 Å². The Labute approximate surface area is 92.0 Å². The Morgan fingerprint density at radius 1 is 1.19 bits per heavy atom. The van der Waals surface area contributed by atoms with Gasteiger partial charge in [0.05, 0.1) is 5.69 Å². The van der Waals surface area contributed by atoms with Gasteiger partial charge in [0.1, 0.15) is 5.82 Å². The van der Waals surface area contributed by atoms with E-state index in [9.17, 15) is 9.18 Å². The molecule has 16 heavy (non-hydrogen) atoms. The lowest BCUT2D eigenvalue weighted by atomic mass is 10.1. The standard InChI is InChI=1S/C12H9FN2O/c1-8-6-11(15-12(7-16)14-8)9-2-4-10(13)5-3-9/h2-7H,1H3. The number of rotatable bonds is 2. The number of aromatic nitrogens is 2. The van der Waals surface area contributed by atoms with Crippen molar-refractivity contribution in [3.63, 3.8) is 0 Å². The number of halogens is 1. The molecule has 0 aliphatic carbocycles. The Morgan fingerprint density at radius 2 is 1.88 bits per heavy atom. The number of benzene rings is 1. The zero-order chi connectivity index (χ0) is 11.5. The van der Waals surface area contributed by atoms with Crippen molar-refractivity contribution < 1.29 is 9.18 Å². The average molecular weight is 216 g/mol. The highest BCUT2D eigenvalue weighted by Gasteiger charge is 2.03. The van der Waals surface area contributed by atoms with E-state index < -0.39 is 0 Å². The molecule has 0 spiro atoms. The normalized spacial score (nSPS) is 10.1. The van der Waals surface area contributed by atoms with E-state index in [2.05, 4.69) is 9.97 Å². The van der Waals surface area contributed by atoms with Crippen LogP contribution in [0.15, 0.2) is 30.3 Å². The predicted octanol–water partition coefficient (Wildman–Crippen LogP) is 2.40. The molecule has 0 radical (unpaired) electrons. The van der Waals surface area contributed by atoms with Crippen molar-refractivity contribution in [3.05, 3.63) is 47.7 Å². The molecule has 0 unspecified atom stereocenters. The van der Waals surface area contributed by atoms with Crippen LogP contribution in [-0.2, 0) is 0 Å². The van der Waals surface area contributed by atoms with Crippen LogP contribution in [0.3, 0.4) is 0 Å². The lowest BCUT2D eigenvalue weighted by Crippen LogP contribution is -1.97.